The van der Waals surface area contributed by atoms with Crippen molar-refractivity contribution in [1.29, 1.82) is 0 Å². The summed E-state index contributed by atoms with van der Waals surface area (Å²) in [5, 5.41) is 0. The number of para-hydroxylation sites is 1. The minimum Gasteiger partial charge on any atom is -0.490 e. The van der Waals surface area contributed by atoms with Crippen LogP contribution in [0.4, 0.5) is 0 Å². The lowest BCUT2D eigenvalue weighted by Gasteiger charge is -2.15. The molecule has 0 N–H and O–H groups in total. The number of hydrogen-bond donors (Lipinski definition) is 0. The fourth-order valence-corrected chi connectivity index (χ4v) is 2.31. The summed E-state index contributed by atoms with van der Waals surface area (Å²) >= 11 is 0. The zero-order valence-electron chi connectivity index (χ0n) is 13.3. The van der Waals surface area contributed by atoms with E-state index < -0.39 is 0 Å². The van der Waals surface area contributed by atoms with Crippen molar-refractivity contribution in [2.75, 3.05) is 13.2 Å². The van der Waals surface area contributed by atoms with E-state index in [4.69, 9.17) is 9.47 Å². The van der Waals surface area contributed by atoms with Crippen molar-refractivity contribution in [2.45, 2.75) is 52.4 Å². The highest BCUT2D eigenvalue weighted by Gasteiger charge is 2.18. The largest absolute Gasteiger partial charge is 0.490 e. The lowest BCUT2D eigenvalue weighted by atomic mass is 9.97. The molecule has 0 fully saturated rings. The molecule has 1 aromatic rings. The normalized spacial score (nSPS) is 11.9. The first-order chi connectivity index (χ1) is 10.3. The molecular formula is C18H28O3. The topological polar surface area (TPSA) is 35.5 Å². The molecule has 0 aliphatic heterocycles. The predicted octanol–water partition coefficient (Wildman–Crippen LogP) is 4.61. The summed E-state index contributed by atoms with van der Waals surface area (Å²) in [6.07, 6.45) is 6.36. The van der Waals surface area contributed by atoms with Crippen LogP contribution in [0.15, 0.2) is 30.3 Å². The smallest absolute Gasteiger partial charge is 0.309 e. The Labute approximate surface area is 128 Å². The second-order valence-electron chi connectivity index (χ2n) is 5.31. The van der Waals surface area contributed by atoms with Gasteiger partial charge in [-0.3, -0.25) is 4.79 Å². The molecule has 3 heteroatoms. The van der Waals surface area contributed by atoms with Gasteiger partial charge in [0, 0.05) is 0 Å². The first-order valence-electron chi connectivity index (χ1n) is 8.12. The van der Waals surface area contributed by atoms with Crippen LogP contribution in [0.25, 0.3) is 0 Å². The molecule has 0 radical (unpaired) electrons. The van der Waals surface area contributed by atoms with E-state index in [0.717, 1.165) is 31.4 Å². The maximum Gasteiger partial charge on any atom is 0.309 e. The minimum absolute atomic E-state index is 0.0540. The van der Waals surface area contributed by atoms with Gasteiger partial charge in [0.2, 0.25) is 0 Å². The maximum atomic E-state index is 12.1. The predicted molar refractivity (Wildman–Crippen MR) is 85.4 cm³/mol. The van der Waals surface area contributed by atoms with E-state index in [1.54, 1.807) is 0 Å². The van der Waals surface area contributed by atoms with Crippen molar-refractivity contribution in [2.24, 2.45) is 5.92 Å². The molecule has 0 bridgehead atoms. The second kappa shape index (κ2) is 11.2. The van der Waals surface area contributed by atoms with Crippen LogP contribution in [0.3, 0.4) is 0 Å². The number of esters is 1. The van der Waals surface area contributed by atoms with E-state index in [0.29, 0.717) is 13.2 Å². The van der Waals surface area contributed by atoms with Crippen molar-refractivity contribution in [3.63, 3.8) is 0 Å². The van der Waals surface area contributed by atoms with Crippen molar-refractivity contribution in [1.82, 2.24) is 0 Å². The van der Waals surface area contributed by atoms with E-state index in [2.05, 4.69) is 13.8 Å². The third-order valence-electron chi connectivity index (χ3n) is 3.47. The van der Waals surface area contributed by atoms with Gasteiger partial charge in [-0.15, -0.1) is 0 Å². The van der Waals surface area contributed by atoms with Gasteiger partial charge in [0.15, 0.2) is 0 Å². The van der Waals surface area contributed by atoms with E-state index in [1.165, 1.54) is 12.8 Å². The third kappa shape index (κ3) is 7.74. The van der Waals surface area contributed by atoms with Crippen LogP contribution in [-0.4, -0.2) is 19.2 Å². The second-order valence-corrected chi connectivity index (χ2v) is 5.31. The number of unbranched alkanes of at least 4 members (excludes halogenated alkanes) is 2. The summed E-state index contributed by atoms with van der Waals surface area (Å²) in [5.41, 5.74) is 0. The molecule has 0 saturated heterocycles. The molecule has 0 aliphatic rings. The van der Waals surface area contributed by atoms with Gasteiger partial charge in [0.05, 0.1) is 5.92 Å². The zero-order valence-corrected chi connectivity index (χ0v) is 13.3. The van der Waals surface area contributed by atoms with E-state index >= 15 is 0 Å². The Morgan fingerprint density at radius 1 is 1.00 bits per heavy atom. The Kier molecular flexibility index (Phi) is 9.34. The molecule has 21 heavy (non-hydrogen) atoms. The standard InChI is InChI=1S/C18H28O3/c1-3-5-7-11-16(10-4-2)18(19)21-15-14-20-17-12-8-6-9-13-17/h6,8-9,12-13,16H,3-5,7,10-11,14-15H2,1-2H3. The Balaban J connectivity index is 2.22. The number of ether oxygens (including phenoxy) is 2. The van der Waals surface area contributed by atoms with Gasteiger partial charge < -0.3 is 9.47 Å². The fourth-order valence-electron chi connectivity index (χ4n) is 2.31. The van der Waals surface area contributed by atoms with Gasteiger partial charge in [-0.1, -0.05) is 57.7 Å². The summed E-state index contributed by atoms with van der Waals surface area (Å²) < 4.78 is 10.9. The molecule has 1 aromatic carbocycles. The molecule has 0 aromatic heterocycles. The van der Waals surface area contributed by atoms with Gasteiger partial charge >= 0.3 is 5.97 Å². The van der Waals surface area contributed by atoms with Crippen molar-refractivity contribution >= 4 is 5.97 Å². The summed E-state index contributed by atoms with van der Waals surface area (Å²) in [7, 11) is 0. The number of rotatable bonds is 11. The fraction of sp³-hybridized carbons (Fsp3) is 0.611. The number of hydrogen-bond acceptors (Lipinski definition) is 3. The summed E-state index contributed by atoms with van der Waals surface area (Å²) in [6.45, 7) is 5.01. The average molecular weight is 292 g/mol. The molecule has 0 amide bonds. The van der Waals surface area contributed by atoms with Crippen LogP contribution < -0.4 is 4.74 Å². The quantitative estimate of drug-likeness (QED) is 0.441. The Hall–Kier alpha value is -1.51. The first kappa shape index (κ1) is 17.5. The molecule has 3 nitrogen and oxygen atoms in total. The van der Waals surface area contributed by atoms with Gasteiger partial charge in [0.1, 0.15) is 19.0 Å². The molecular weight excluding hydrogens is 264 g/mol. The van der Waals surface area contributed by atoms with E-state index in [9.17, 15) is 4.79 Å². The lowest BCUT2D eigenvalue weighted by Crippen LogP contribution is -2.20. The number of carbonyl (C=O) groups excluding carboxylic acids is 1. The van der Waals surface area contributed by atoms with Crippen molar-refractivity contribution in [3.05, 3.63) is 30.3 Å². The molecule has 1 unspecified atom stereocenters. The van der Waals surface area contributed by atoms with E-state index in [1.807, 2.05) is 30.3 Å². The summed E-state index contributed by atoms with van der Waals surface area (Å²) in [4.78, 5) is 12.1. The Morgan fingerprint density at radius 3 is 2.43 bits per heavy atom. The van der Waals surface area contributed by atoms with Crippen LogP contribution >= 0.6 is 0 Å². The van der Waals surface area contributed by atoms with Gasteiger partial charge in [-0.25, -0.2) is 0 Å². The van der Waals surface area contributed by atoms with Crippen LogP contribution in [0.5, 0.6) is 5.75 Å². The van der Waals surface area contributed by atoms with Crippen molar-refractivity contribution < 1.29 is 14.3 Å². The minimum atomic E-state index is -0.0652. The maximum absolute atomic E-state index is 12.1. The molecule has 0 saturated carbocycles. The zero-order chi connectivity index (χ0) is 15.3. The van der Waals surface area contributed by atoms with Crippen LogP contribution in [-0.2, 0) is 9.53 Å². The monoisotopic (exact) mass is 292 g/mol. The van der Waals surface area contributed by atoms with Gasteiger partial charge in [0.25, 0.3) is 0 Å². The Morgan fingerprint density at radius 2 is 1.76 bits per heavy atom. The summed E-state index contributed by atoms with van der Waals surface area (Å²) in [5.74, 6) is 0.796. The highest BCUT2D eigenvalue weighted by atomic mass is 16.6. The molecule has 1 rings (SSSR count). The summed E-state index contributed by atoms with van der Waals surface area (Å²) in [6, 6.07) is 9.58. The molecule has 0 aliphatic carbocycles. The van der Waals surface area contributed by atoms with Crippen LogP contribution in [0.1, 0.15) is 52.4 Å². The highest BCUT2D eigenvalue weighted by Crippen LogP contribution is 2.17. The number of benzene rings is 1. The molecule has 1 atom stereocenters. The van der Waals surface area contributed by atoms with E-state index in [-0.39, 0.29) is 11.9 Å². The van der Waals surface area contributed by atoms with Crippen LogP contribution in [0.2, 0.25) is 0 Å². The molecule has 118 valence electrons. The van der Waals surface area contributed by atoms with Gasteiger partial charge in [-0.2, -0.15) is 0 Å². The third-order valence-corrected chi connectivity index (χ3v) is 3.47. The SMILES string of the molecule is CCCCCC(CCC)C(=O)OCCOc1ccccc1. The van der Waals surface area contributed by atoms with Gasteiger partial charge in [-0.05, 0) is 25.0 Å². The lowest BCUT2D eigenvalue weighted by molar-refractivity contribution is -0.149. The number of carbonyl (C=O) groups is 1. The molecule has 0 spiro atoms. The van der Waals surface area contributed by atoms with Crippen molar-refractivity contribution in [3.8, 4) is 5.75 Å². The van der Waals surface area contributed by atoms with Crippen LogP contribution in [0, 0.1) is 5.92 Å². The highest BCUT2D eigenvalue weighted by molar-refractivity contribution is 5.72. The average Bonchev–Trinajstić information content (AvgIpc) is 2.52. The Bertz CT molecular complexity index is 375. The first-order valence-corrected chi connectivity index (χ1v) is 8.12. The molecule has 0 heterocycles.